The van der Waals surface area contributed by atoms with E-state index < -0.39 is 17.7 Å². The second-order valence-corrected chi connectivity index (χ2v) is 9.28. The van der Waals surface area contributed by atoms with Gasteiger partial charge in [0.1, 0.15) is 29.6 Å². The number of nitrogens with zero attached hydrogens (tertiary/aromatic N) is 3. The standard InChI is InChI=1S/C27H30N4O5/c1-19(29-26(34)36-27(2,3)4)28-22-11-9-21(10-12-22)25(33)35-23-13-6-20(7-14-23)8-15-24(32)31-17-16-30(5)18-31/h6-7,9-14,16-18H,8,15H2,1-5H3/p+1. The Kier molecular flexibility index (Phi) is 8.37. The van der Waals surface area contributed by atoms with Crippen molar-refractivity contribution in [2.24, 2.45) is 12.0 Å². The molecule has 0 saturated carbocycles. The van der Waals surface area contributed by atoms with E-state index in [1.807, 2.05) is 29.9 Å². The minimum Gasteiger partial charge on any atom is -0.444 e. The van der Waals surface area contributed by atoms with Gasteiger partial charge in [0.25, 0.3) is 6.33 Å². The molecule has 0 fully saturated rings. The highest BCUT2D eigenvalue weighted by Gasteiger charge is 2.16. The van der Waals surface area contributed by atoms with Gasteiger partial charge in [-0.15, -0.1) is 0 Å². The maximum Gasteiger partial charge on any atom is 0.413 e. The molecule has 188 valence electrons. The van der Waals surface area contributed by atoms with Gasteiger partial charge in [0, 0.05) is 0 Å². The predicted octanol–water partition coefficient (Wildman–Crippen LogP) is 4.38. The molecule has 0 unspecified atom stereocenters. The molecule has 0 saturated heterocycles. The number of nitrogens with one attached hydrogen (secondary N) is 1. The third kappa shape index (κ3) is 8.19. The second kappa shape index (κ2) is 11.4. The first-order chi connectivity index (χ1) is 17.0. The van der Waals surface area contributed by atoms with E-state index in [0.29, 0.717) is 35.7 Å². The fourth-order valence-corrected chi connectivity index (χ4v) is 3.21. The summed E-state index contributed by atoms with van der Waals surface area (Å²) in [5.74, 6) is 0.281. The number of aromatic nitrogens is 2. The topological polar surface area (TPSA) is 103 Å². The molecule has 36 heavy (non-hydrogen) atoms. The number of amidine groups is 1. The summed E-state index contributed by atoms with van der Waals surface area (Å²) in [7, 11) is 1.86. The molecule has 0 radical (unpaired) electrons. The summed E-state index contributed by atoms with van der Waals surface area (Å²) in [5, 5.41) is 2.56. The van der Waals surface area contributed by atoms with Crippen LogP contribution in [0, 0.1) is 0 Å². The smallest absolute Gasteiger partial charge is 0.413 e. The molecule has 1 aromatic heterocycles. The van der Waals surface area contributed by atoms with Crippen molar-refractivity contribution in [3.63, 3.8) is 0 Å². The Morgan fingerprint density at radius 1 is 1.03 bits per heavy atom. The van der Waals surface area contributed by atoms with Crippen LogP contribution in [0.25, 0.3) is 0 Å². The van der Waals surface area contributed by atoms with Crippen LogP contribution in [0.4, 0.5) is 10.5 Å². The highest BCUT2D eigenvalue weighted by Crippen LogP contribution is 2.18. The number of hydrogen-bond acceptors (Lipinski definition) is 6. The number of hydrogen-bond donors (Lipinski definition) is 1. The largest absolute Gasteiger partial charge is 0.444 e. The summed E-state index contributed by atoms with van der Waals surface area (Å²) in [6, 6.07) is 13.6. The molecule has 3 aromatic rings. The Hall–Kier alpha value is -4.27. The van der Waals surface area contributed by atoms with E-state index in [1.54, 1.807) is 81.2 Å². The van der Waals surface area contributed by atoms with Crippen molar-refractivity contribution in [3.8, 4) is 5.75 Å². The van der Waals surface area contributed by atoms with E-state index in [2.05, 4.69) is 10.3 Å². The minimum atomic E-state index is -0.604. The molecule has 0 aliphatic rings. The van der Waals surface area contributed by atoms with Crippen LogP contribution < -0.4 is 14.6 Å². The van der Waals surface area contributed by atoms with Crippen molar-refractivity contribution in [2.75, 3.05) is 0 Å². The molecule has 0 aliphatic heterocycles. The summed E-state index contributed by atoms with van der Waals surface area (Å²) in [6.07, 6.45) is 5.63. The van der Waals surface area contributed by atoms with Gasteiger partial charge in [-0.3, -0.25) is 5.32 Å². The summed E-state index contributed by atoms with van der Waals surface area (Å²) >= 11 is 0. The van der Waals surface area contributed by atoms with Crippen LogP contribution in [0.1, 0.15) is 54.8 Å². The second-order valence-electron chi connectivity index (χ2n) is 9.28. The number of alkyl carbamates (subject to hydrolysis) is 1. The van der Waals surface area contributed by atoms with Crippen LogP contribution in [0.15, 0.2) is 72.2 Å². The molecule has 2 aromatic carbocycles. The van der Waals surface area contributed by atoms with Crippen LogP contribution in [0.5, 0.6) is 5.75 Å². The van der Waals surface area contributed by atoms with E-state index in [4.69, 9.17) is 9.47 Å². The summed E-state index contributed by atoms with van der Waals surface area (Å²) in [4.78, 5) is 40.9. The number of amides is 1. The maximum absolute atomic E-state index is 12.5. The molecule has 1 N–H and O–H groups in total. The lowest BCUT2D eigenvalue weighted by Gasteiger charge is -2.19. The molecule has 0 aliphatic carbocycles. The average Bonchev–Trinajstić information content (AvgIpc) is 3.24. The van der Waals surface area contributed by atoms with E-state index >= 15 is 0 Å². The highest BCUT2D eigenvalue weighted by atomic mass is 16.6. The van der Waals surface area contributed by atoms with E-state index in [0.717, 1.165) is 5.56 Å². The normalized spacial score (nSPS) is 11.6. The van der Waals surface area contributed by atoms with Gasteiger partial charge in [-0.2, -0.15) is 4.57 Å². The molecule has 3 rings (SSSR count). The van der Waals surface area contributed by atoms with Crippen molar-refractivity contribution in [1.29, 1.82) is 0 Å². The third-order valence-corrected chi connectivity index (χ3v) is 4.90. The van der Waals surface area contributed by atoms with Crippen molar-refractivity contribution >= 4 is 29.5 Å². The van der Waals surface area contributed by atoms with Crippen LogP contribution in [-0.4, -0.2) is 34.0 Å². The first kappa shape index (κ1) is 26.3. The quantitative estimate of drug-likeness (QED) is 0.181. The van der Waals surface area contributed by atoms with Gasteiger partial charge in [0.15, 0.2) is 0 Å². The fraction of sp³-hybridized carbons (Fsp3) is 0.296. The van der Waals surface area contributed by atoms with Crippen LogP contribution >= 0.6 is 0 Å². The fourth-order valence-electron chi connectivity index (χ4n) is 3.21. The summed E-state index contributed by atoms with van der Waals surface area (Å²) in [6.45, 7) is 6.98. The van der Waals surface area contributed by atoms with Crippen LogP contribution in [0.2, 0.25) is 0 Å². The number of ether oxygens (including phenoxy) is 2. The number of carbonyl (C=O) groups is 3. The van der Waals surface area contributed by atoms with E-state index in [9.17, 15) is 14.4 Å². The highest BCUT2D eigenvalue weighted by molar-refractivity contribution is 5.95. The number of carbonyl (C=O) groups excluding carboxylic acids is 3. The molecule has 0 bridgehead atoms. The van der Waals surface area contributed by atoms with Gasteiger partial charge in [0.2, 0.25) is 0 Å². The Morgan fingerprint density at radius 2 is 1.69 bits per heavy atom. The number of imidazole rings is 1. The van der Waals surface area contributed by atoms with Gasteiger partial charge in [-0.1, -0.05) is 12.1 Å². The van der Waals surface area contributed by atoms with Gasteiger partial charge < -0.3 is 9.47 Å². The zero-order chi connectivity index (χ0) is 26.3. The van der Waals surface area contributed by atoms with Crippen molar-refractivity contribution < 1.29 is 28.4 Å². The lowest BCUT2D eigenvalue weighted by atomic mass is 10.1. The number of benzene rings is 2. The van der Waals surface area contributed by atoms with Gasteiger partial charge in [0.05, 0.1) is 24.7 Å². The zero-order valence-corrected chi connectivity index (χ0v) is 21.1. The maximum atomic E-state index is 12.5. The number of esters is 1. The van der Waals surface area contributed by atoms with Gasteiger partial charge in [-0.05, 0) is 76.1 Å². The van der Waals surface area contributed by atoms with E-state index in [1.165, 1.54) is 0 Å². The molecule has 9 nitrogen and oxygen atoms in total. The Labute approximate surface area is 210 Å². The lowest BCUT2D eigenvalue weighted by molar-refractivity contribution is -0.670. The lowest BCUT2D eigenvalue weighted by Crippen LogP contribution is -2.35. The summed E-state index contributed by atoms with van der Waals surface area (Å²) in [5.41, 5.74) is 1.29. The van der Waals surface area contributed by atoms with E-state index in [-0.39, 0.29) is 5.91 Å². The monoisotopic (exact) mass is 491 g/mol. The minimum absolute atomic E-state index is 0.00898. The first-order valence-corrected chi connectivity index (χ1v) is 11.5. The average molecular weight is 492 g/mol. The molecule has 0 spiro atoms. The van der Waals surface area contributed by atoms with Crippen LogP contribution in [-0.2, 0) is 18.2 Å². The van der Waals surface area contributed by atoms with Gasteiger partial charge >= 0.3 is 18.0 Å². The SMILES string of the molecule is CC(=Nc1ccc(C(=O)Oc2ccc(CCC(=O)n3cc[n+](C)c3)cc2)cc1)NC(=O)OC(C)(C)C. The molecule has 1 amide bonds. The molecular weight excluding hydrogens is 460 g/mol. The van der Waals surface area contributed by atoms with Gasteiger partial charge in [-0.25, -0.2) is 23.9 Å². The Bertz CT molecular complexity index is 1250. The molecule has 1 heterocycles. The molecular formula is C27H31N4O5+. The Balaban J connectivity index is 1.51. The van der Waals surface area contributed by atoms with Crippen molar-refractivity contribution in [1.82, 2.24) is 9.88 Å². The number of aryl methyl sites for hydroxylation is 2. The van der Waals surface area contributed by atoms with Crippen LogP contribution in [0.3, 0.4) is 0 Å². The number of aliphatic imine (C=N–C) groups is 1. The molecule has 0 atom stereocenters. The Morgan fingerprint density at radius 3 is 2.28 bits per heavy atom. The molecule has 9 heteroatoms. The van der Waals surface area contributed by atoms with Crippen molar-refractivity contribution in [2.45, 2.75) is 46.1 Å². The summed E-state index contributed by atoms with van der Waals surface area (Å²) < 4.78 is 14.0. The third-order valence-electron chi connectivity index (χ3n) is 4.90. The predicted molar refractivity (Wildman–Crippen MR) is 135 cm³/mol. The zero-order valence-electron chi connectivity index (χ0n) is 21.1. The number of rotatable bonds is 6. The first-order valence-electron chi connectivity index (χ1n) is 11.5. The van der Waals surface area contributed by atoms with Crippen molar-refractivity contribution in [3.05, 3.63) is 78.4 Å².